The van der Waals surface area contributed by atoms with Gasteiger partial charge in [-0.2, -0.15) is 0 Å². The van der Waals surface area contributed by atoms with Gasteiger partial charge in [-0.3, -0.25) is 4.99 Å². The van der Waals surface area contributed by atoms with Crippen LogP contribution in [0.1, 0.15) is 12.0 Å². The average Bonchev–Trinajstić information content (AvgIpc) is 2.55. The van der Waals surface area contributed by atoms with Crippen molar-refractivity contribution in [1.29, 1.82) is 0 Å². The van der Waals surface area contributed by atoms with Crippen molar-refractivity contribution in [1.82, 2.24) is 0 Å². The number of para-hydroxylation sites is 1. The first-order valence-corrected chi connectivity index (χ1v) is 6.84. The summed E-state index contributed by atoms with van der Waals surface area (Å²) >= 11 is 0. The molecule has 0 amide bonds. The number of hydrogen-bond acceptors (Lipinski definition) is 3. The highest BCUT2D eigenvalue weighted by molar-refractivity contribution is 6.61. The summed E-state index contributed by atoms with van der Waals surface area (Å²) in [6.07, 6.45) is 2.83. The molecule has 1 heterocycles. The molecule has 3 nitrogen and oxygen atoms in total. The monoisotopic (exact) mass is 265 g/mol. The lowest BCUT2D eigenvalue weighted by molar-refractivity contribution is 0.143. The van der Waals surface area contributed by atoms with Gasteiger partial charge in [-0.05, 0) is 29.6 Å². The third-order valence-electron chi connectivity index (χ3n) is 3.13. The van der Waals surface area contributed by atoms with E-state index in [2.05, 4.69) is 11.1 Å². The van der Waals surface area contributed by atoms with Gasteiger partial charge in [-0.15, -0.1) is 0 Å². The summed E-state index contributed by atoms with van der Waals surface area (Å²) in [5, 5.41) is 0. The van der Waals surface area contributed by atoms with E-state index in [0.717, 1.165) is 36.3 Å². The topological polar surface area (TPSA) is 30.8 Å². The standard InChI is InChI=1S/C16H16BNO2/c1-2-8-16(9-3-1)18-13-14-6-4-7-15(12-14)17-19-10-5-11-20-17/h1-4,6-9,12-13H,5,10-11H2. The Labute approximate surface area is 119 Å². The van der Waals surface area contributed by atoms with Crippen molar-refractivity contribution in [2.75, 3.05) is 13.2 Å². The normalized spacial score (nSPS) is 15.7. The summed E-state index contributed by atoms with van der Waals surface area (Å²) in [4.78, 5) is 4.46. The maximum absolute atomic E-state index is 5.62. The zero-order valence-electron chi connectivity index (χ0n) is 11.2. The third-order valence-corrected chi connectivity index (χ3v) is 3.13. The Hall–Kier alpha value is -1.91. The maximum atomic E-state index is 5.62. The summed E-state index contributed by atoms with van der Waals surface area (Å²) in [6, 6.07) is 18.0. The molecule has 0 unspecified atom stereocenters. The van der Waals surface area contributed by atoms with Crippen LogP contribution < -0.4 is 5.46 Å². The van der Waals surface area contributed by atoms with Crippen LogP contribution in [0.25, 0.3) is 0 Å². The number of benzene rings is 2. The number of hydrogen-bond donors (Lipinski definition) is 0. The Balaban J connectivity index is 1.75. The molecule has 2 aromatic rings. The summed E-state index contributed by atoms with van der Waals surface area (Å²) in [6.45, 7) is 1.51. The highest BCUT2D eigenvalue weighted by Gasteiger charge is 2.24. The number of aliphatic imine (C=N–C) groups is 1. The lowest BCUT2D eigenvalue weighted by Crippen LogP contribution is -2.40. The highest BCUT2D eigenvalue weighted by Crippen LogP contribution is 2.10. The molecule has 2 aromatic carbocycles. The zero-order valence-corrected chi connectivity index (χ0v) is 11.2. The summed E-state index contributed by atoms with van der Waals surface area (Å²) < 4.78 is 11.2. The van der Waals surface area contributed by atoms with Crippen molar-refractivity contribution in [3.63, 3.8) is 0 Å². The second-order valence-corrected chi connectivity index (χ2v) is 4.69. The first-order chi connectivity index (χ1) is 9.92. The van der Waals surface area contributed by atoms with E-state index in [9.17, 15) is 0 Å². The van der Waals surface area contributed by atoms with Crippen LogP contribution in [0.15, 0.2) is 59.6 Å². The van der Waals surface area contributed by atoms with Crippen LogP contribution in [0, 0.1) is 0 Å². The van der Waals surface area contributed by atoms with Gasteiger partial charge in [0.15, 0.2) is 0 Å². The second-order valence-electron chi connectivity index (χ2n) is 4.69. The van der Waals surface area contributed by atoms with Gasteiger partial charge < -0.3 is 9.31 Å². The quantitative estimate of drug-likeness (QED) is 0.630. The largest absolute Gasteiger partial charge is 0.493 e. The van der Waals surface area contributed by atoms with Gasteiger partial charge in [0.2, 0.25) is 0 Å². The predicted molar refractivity (Wildman–Crippen MR) is 82.0 cm³/mol. The smallest absolute Gasteiger partial charge is 0.407 e. The lowest BCUT2D eigenvalue weighted by Gasteiger charge is -2.19. The first kappa shape index (κ1) is 13.1. The predicted octanol–water partition coefficient (Wildman–Crippen LogP) is 2.57. The zero-order chi connectivity index (χ0) is 13.6. The molecule has 3 rings (SSSR count). The Morgan fingerprint density at radius 1 is 0.950 bits per heavy atom. The minimum absolute atomic E-state index is 0.242. The molecular formula is C16H16BNO2. The van der Waals surface area contributed by atoms with Gasteiger partial charge in [-0.1, -0.05) is 42.5 Å². The van der Waals surface area contributed by atoms with Crippen LogP contribution >= 0.6 is 0 Å². The SMILES string of the molecule is C(=Nc1ccccc1)c1cccc(B2OCCCO2)c1. The molecule has 20 heavy (non-hydrogen) atoms. The lowest BCUT2D eigenvalue weighted by atomic mass is 9.77. The fraction of sp³-hybridized carbons (Fsp3) is 0.188. The van der Waals surface area contributed by atoms with Crippen LogP contribution in [0.3, 0.4) is 0 Å². The van der Waals surface area contributed by atoms with Crippen LogP contribution in [0.4, 0.5) is 5.69 Å². The molecule has 1 aliphatic heterocycles. The summed E-state index contributed by atoms with van der Waals surface area (Å²) in [5.74, 6) is 0. The van der Waals surface area contributed by atoms with E-state index in [1.54, 1.807) is 0 Å². The van der Waals surface area contributed by atoms with Gasteiger partial charge in [0.1, 0.15) is 0 Å². The van der Waals surface area contributed by atoms with E-state index in [1.807, 2.05) is 54.7 Å². The molecule has 0 bridgehead atoms. The summed E-state index contributed by atoms with van der Waals surface area (Å²) in [7, 11) is -0.242. The van der Waals surface area contributed by atoms with E-state index in [1.165, 1.54) is 0 Å². The Morgan fingerprint density at radius 2 is 1.75 bits per heavy atom. The van der Waals surface area contributed by atoms with Crippen molar-refractivity contribution in [2.24, 2.45) is 4.99 Å². The van der Waals surface area contributed by atoms with Crippen molar-refractivity contribution >= 4 is 24.5 Å². The Bertz CT molecular complexity index is 580. The van der Waals surface area contributed by atoms with E-state index >= 15 is 0 Å². The molecule has 0 aromatic heterocycles. The molecule has 4 heteroatoms. The molecule has 0 radical (unpaired) electrons. The molecule has 100 valence electrons. The van der Waals surface area contributed by atoms with Crippen molar-refractivity contribution in [3.05, 3.63) is 60.2 Å². The van der Waals surface area contributed by atoms with Crippen molar-refractivity contribution in [3.8, 4) is 0 Å². The molecule has 1 fully saturated rings. The van der Waals surface area contributed by atoms with E-state index < -0.39 is 0 Å². The van der Waals surface area contributed by atoms with Crippen LogP contribution in [0.5, 0.6) is 0 Å². The van der Waals surface area contributed by atoms with Crippen LogP contribution in [0.2, 0.25) is 0 Å². The van der Waals surface area contributed by atoms with Gasteiger partial charge >= 0.3 is 7.12 Å². The van der Waals surface area contributed by atoms with E-state index in [-0.39, 0.29) is 7.12 Å². The Kier molecular flexibility index (Phi) is 4.26. The average molecular weight is 265 g/mol. The maximum Gasteiger partial charge on any atom is 0.493 e. The molecule has 0 atom stereocenters. The Morgan fingerprint density at radius 3 is 2.55 bits per heavy atom. The van der Waals surface area contributed by atoms with E-state index in [4.69, 9.17) is 9.31 Å². The molecular weight excluding hydrogens is 249 g/mol. The summed E-state index contributed by atoms with van der Waals surface area (Å²) in [5.41, 5.74) is 3.04. The van der Waals surface area contributed by atoms with Gasteiger partial charge in [0, 0.05) is 19.4 Å². The minimum Gasteiger partial charge on any atom is -0.407 e. The van der Waals surface area contributed by atoms with E-state index in [0.29, 0.717) is 0 Å². The van der Waals surface area contributed by atoms with Crippen molar-refractivity contribution in [2.45, 2.75) is 6.42 Å². The molecule has 1 aliphatic rings. The second kappa shape index (κ2) is 6.50. The molecule has 0 aliphatic carbocycles. The molecule has 0 N–H and O–H groups in total. The molecule has 0 spiro atoms. The van der Waals surface area contributed by atoms with Gasteiger partial charge in [0.25, 0.3) is 0 Å². The number of rotatable bonds is 3. The highest BCUT2D eigenvalue weighted by atomic mass is 16.6. The molecule has 1 saturated heterocycles. The van der Waals surface area contributed by atoms with Crippen LogP contribution in [-0.2, 0) is 9.31 Å². The first-order valence-electron chi connectivity index (χ1n) is 6.84. The fourth-order valence-electron chi connectivity index (χ4n) is 2.13. The van der Waals surface area contributed by atoms with Crippen molar-refractivity contribution < 1.29 is 9.31 Å². The molecule has 0 saturated carbocycles. The van der Waals surface area contributed by atoms with Gasteiger partial charge in [0.05, 0.1) is 5.69 Å². The fourth-order valence-corrected chi connectivity index (χ4v) is 2.13. The van der Waals surface area contributed by atoms with Gasteiger partial charge in [-0.25, -0.2) is 0 Å². The number of nitrogens with zero attached hydrogens (tertiary/aromatic N) is 1. The van der Waals surface area contributed by atoms with Crippen LogP contribution in [-0.4, -0.2) is 26.5 Å². The third kappa shape index (κ3) is 3.35. The minimum atomic E-state index is -0.242.